The van der Waals surface area contributed by atoms with E-state index in [9.17, 15) is 14.7 Å². The van der Waals surface area contributed by atoms with E-state index in [1.165, 1.54) is 0 Å². The number of hydrogen-bond donors (Lipinski definition) is 2. The summed E-state index contributed by atoms with van der Waals surface area (Å²) in [5.74, 6) is -1.17. The van der Waals surface area contributed by atoms with Crippen molar-refractivity contribution in [3.05, 3.63) is 48.0 Å². The second kappa shape index (κ2) is 7.45. The number of benzene rings is 2. The molecule has 1 fully saturated rings. The third-order valence-corrected chi connectivity index (χ3v) is 4.34. The highest BCUT2D eigenvalue weighted by Crippen LogP contribution is 2.23. The van der Waals surface area contributed by atoms with Gasteiger partial charge in [-0.05, 0) is 41.7 Å². The smallest absolute Gasteiger partial charge is 0.305 e. The molecule has 1 amide bonds. The van der Waals surface area contributed by atoms with Crippen LogP contribution < -0.4 is 5.32 Å². The van der Waals surface area contributed by atoms with Crippen LogP contribution in [0.5, 0.6) is 0 Å². The van der Waals surface area contributed by atoms with Gasteiger partial charge in [-0.2, -0.15) is 0 Å². The molecule has 1 saturated heterocycles. The Hall–Kier alpha value is -2.40. The number of aliphatic carboxylic acids is 1. The number of carbonyl (C=O) groups is 2. The van der Waals surface area contributed by atoms with E-state index in [0.717, 1.165) is 29.2 Å². The first-order valence-corrected chi connectivity index (χ1v) is 8.26. The molecule has 5 heteroatoms. The van der Waals surface area contributed by atoms with Crippen LogP contribution >= 0.6 is 0 Å². The molecule has 2 aromatic rings. The topological polar surface area (TPSA) is 75.6 Å². The number of carboxylic acid groups (broad SMARTS) is 1. The van der Waals surface area contributed by atoms with Gasteiger partial charge < -0.3 is 15.2 Å². The molecule has 2 atom stereocenters. The van der Waals surface area contributed by atoms with E-state index >= 15 is 0 Å². The van der Waals surface area contributed by atoms with Gasteiger partial charge in [0, 0.05) is 6.61 Å². The van der Waals surface area contributed by atoms with Crippen molar-refractivity contribution in [1.82, 2.24) is 5.32 Å². The van der Waals surface area contributed by atoms with Gasteiger partial charge in [0.05, 0.1) is 12.5 Å². The minimum Gasteiger partial charge on any atom is -0.481 e. The summed E-state index contributed by atoms with van der Waals surface area (Å²) in [7, 11) is 0. The zero-order chi connectivity index (χ0) is 16.9. The third-order valence-electron chi connectivity index (χ3n) is 4.34. The van der Waals surface area contributed by atoms with Crippen LogP contribution in [0, 0.1) is 0 Å². The fourth-order valence-electron chi connectivity index (χ4n) is 3.06. The summed E-state index contributed by atoms with van der Waals surface area (Å²) in [4.78, 5) is 23.6. The highest BCUT2D eigenvalue weighted by Gasteiger charge is 2.26. The fraction of sp³-hybridized carbons (Fsp3) is 0.368. The molecule has 1 unspecified atom stereocenters. The summed E-state index contributed by atoms with van der Waals surface area (Å²) in [6.07, 6.45) is 1.97. The van der Waals surface area contributed by atoms with Crippen LogP contribution in [0.15, 0.2) is 42.5 Å². The molecular weight excluding hydrogens is 306 g/mol. The SMILES string of the molecule is O=C(O)C[C@H](NC(=O)C1CCCCO1)c1ccc2ccccc2c1. The van der Waals surface area contributed by atoms with Crippen LogP contribution in [0.2, 0.25) is 0 Å². The maximum atomic E-state index is 12.4. The summed E-state index contributed by atoms with van der Waals surface area (Å²) >= 11 is 0. The molecule has 0 bridgehead atoms. The number of carboxylic acids is 1. The molecule has 2 aromatic carbocycles. The van der Waals surface area contributed by atoms with Crippen molar-refractivity contribution in [1.29, 1.82) is 0 Å². The van der Waals surface area contributed by atoms with E-state index in [1.54, 1.807) is 0 Å². The molecular formula is C19H21NO4. The molecule has 1 heterocycles. The van der Waals surface area contributed by atoms with Crippen LogP contribution in [-0.4, -0.2) is 29.7 Å². The lowest BCUT2D eigenvalue weighted by molar-refractivity contribution is -0.139. The molecule has 0 radical (unpaired) electrons. The summed E-state index contributed by atoms with van der Waals surface area (Å²) in [5.41, 5.74) is 0.792. The predicted molar refractivity (Wildman–Crippen MR) is 90.7 cm³/mol. The molecule has 3 rings (SSSR count). The molecule has 2 N–H and O–H groups in total. The largest absolute Gasteiger partial charge is 0.481 e. The molecule has 1 aliphatic heterocycles. The van der Waals surface area contributed by atoms with E-state index in [2.05, 4.69) is 5.32 Å². The Morgan fingerprint density at radius 2 is 1.96 bits per heavy atom. The summed E-state index contributed by atoms with van der Waals surface area (Å²) in [6, 6.07) is 13.1. The quantitative estimate of drug-likeness (QED) is 0.885. The minimum atomic E-state index is -0.946. The standard InChI is InChI=1S/C19H21NO4/c21-18(22)12-16(20-19(23)17-7-3-4-10-24-17)15-9-8-13-5-1-2-6-14(13)11-15/h1-2,5-6,8-9,11,16-17H,3-4,7,10,12H2,(H,20,23)(H,21,22)/t16-,17?/m0/s1. The number of amides is 1. The Balaban J connectivity index is 1.81. The molecule has 1 aliphatic rings. The molecule has 24 heavy (non-hydrogen) atoms. The van der Waals surface area contributed by atoms with Gasteiger partial charge in [0.15, 0.2) is 0 Å². The van der Waals surface area contributed by atoms with Crippen LogP contribution in [0.1, 0.15) is 37.3 Å². The van der Waals surface area contributed by atoms with Crippen LogP contribution in [0.3, 0.4) is 0 Å². The van der Waals surface area contributed by atoms with Gasteiger partial charge in [0.2, 0.25) is 5.91 Å². The lowest BCUT2D eigenvalue weighted by Crippen LogP contribution is -2.40. The average molecular weight is 327 g/mol. The minimum absolute atomic E-state index is 0.156. The van der Waals surface area contributed by atoms with Gasteiger partial charge in [-0.3, -0.25) is 9.59 Å². The lowest BCUT2D eigenvalue weighted by Gasteiger charge is -2.25. The van der Waals surface area contributed by atoms with E-state index in [0.29, 0.717) is 13.0 Å². The number of carbonyl (C=O) groups excluding carboxylic acids is 1. The average Bonchev–Trinajstić information content (AvgIpc) is 2.61. The van der Waals surface area contributed by atoms with Crippen molar-refractivity contribution in [2.75, 3.05) is 6.61 Å². The van der Waals surface area contributed by atoms with Gasteiger partial charge in [0.1, 0.15) is 6.10 Å². The maximum Gasteiger partial charge on any atom is 0.305 e. The van der Waals surface area contributed by atoms with Crippen LogP contribution in [-0.2, 0) is 14.3 Å². The van der Waals surface area contributed by atoms with Crippen LogP contribution in [0.4, 0.5) is 0 Å². The number of nitrogens with one attached hydrogen (secondary N) is 1. The van der Waals surface area contributed by atoms with Crippen molar-refractivity contribution in [2.24, 2.45) is 0 Å². The van der Waals surface area contributed by atoms with Gasteiger partial charge in [-0.15, -0.1) is 0 Å². The Bertz CT molecular complexity index is 737. The van der Waals surface area contributed by atoms with Crippen molar-refractivity contribution in [3.63, 3.8) is 0 Å². The second-order valence-corrected chi connectivity index (χ2v) is 6.12. The van der Waals surface area contributed by atoms with E-state index in [-0.39, 0.29) is 12.3 Å². The predicted octanol–water partition coefficient (Wildman–Crippen LogP) is 3.04. The Kier molecular flexibility index (Phi) is 5.11. The Morgan fingerprint density at radius 3 is 2.67 bits per heavy atom. The molecule has 0 spiro atoms. The normalized spacial score (nSPS) is 18.9. The first kappa shape index (κ1) is 16.5. The number of ether oxygens (including phenoxy) is 1. The van der Waals surface area contributed by atoms with E-state index in [4.69, 9.17) is 4.74 Å². The maximum absolute atomic E-state index is 12.4. The highest BCUT2D eigenvalue weighted by atomic mass is 16.5. The van der Waals surface area contributed by atoms with Crippen molar-refractivity contribution in [3.8, 4) is 0 Å². The van der Waals surface area contributed by atoms with Crippen LogP contribution in [0.25, 0.3) is 10.8 Å². The van der Waals surface area contributed by atoms with Gasteiger partial charge >= 0.3 is 5.97 Å². The van der Waals surface area contributed by atoms with Gasteiger partial charge in [-0.1, -0.05) is 36.4 Å². The van der Waals surface area contributed by atoms with Crippen molar-refractivity contribution in [2.45, 2.75) is 37.8 Å². The first-order valence-electron chi connectivity index (χ1n) is 8.26. The number of hydrogen-bond acceptors (Lipinski definition) is 3. The van der Waals surface area contributed by atoms with E-state index in [1.807, 2.05) is 42.5 Å². The first-order chi connectivity index (χ1) is 11.6. The molecule has 5 nitrogen and oxygen atoms in total. The fourth-order valence-corrected chi connectivity index (χ4v) is 3.06. The number of fused-ring (bicyclic) bond motifs is 1. The monoisotopic (exact) mass is 327 g/mol. The molecule has 0 saturated carbocycles. The Morgan fingerprint density at radius 1 is 1.17 bits per heavy atom. The van der Waals surface area contributed by atoms with E-state index < -0.39 is 18.1 Å². The molecule has 0 aliphatic carbocycles. The lowest BCUT2D eigenvalue weighted by atomic mass is 9.99. The second-order valence-electron chi connectivity index (χ2n) is 6.12. The number of rotatable bonds is 5. The molecule has 0 aromatic heterocycles. The zero-order valence-corrected chi connectivity index (χ0v) is 13.4. The third kappa shape index (κ3) is 3.92. The van der Waals surface area contributed by atoms with Gasteiger partial charge in [0.25, 0.3) is 0 Å². The highest BCUT2D eigenvalue weighted by molar-refractivity contribution is 5.85. The summed E-state index contributed by atoms with van der Waals surface area (Å²) in [6.45, 7) is 0.581. The van der Waals surface area contributed by atoms with Crippen molar-refractivity contribution >= 4 is 22.6 Å². The Labute approximate surface area is 140 Å². The molecule has 126 valence electrons. The van der Waals surface area contributed by atoms with Crippen molar-refractivity contribution < 1.29 is 19.4 Å². The summed E-state index contributed by atoms with van der Waals surface area (Å²) in [5, 5.41) is 14.2. The summed E-state index contributed by atoms with van der Waals surface area (Å²) < 4.78 is 5.49. The zero-order valence-electron chi connectivity index (χ0n) is 13.4. The van der Waals surface area contributed by atoms with Gasteiger partial charge in [-0.25, -0.2) is 0 Å².